The smallest absolute Gasteiger partial charge is 0.0627 e. The molecule has 0 aromatic heterocycles. The van der Waals surface area contributed by atoms with Gasteiger partial charge in [-0.25, -0.2) is 0 Å². The second kappa shape index (κ2) is 3.50. The van der Waals surface area contributed by atoms with Crippen LogP contribution in [-0.4, -0.2) is 6.21 Å². The fourth-order valence-electron chi connectivity index (χ4n) is 2.29. The SMILES string of the molecule is C1=NC2=CCCCC2=c2ccccc2=C1. The van der Waals surface area contributed by atoms with E-state index in [2.05, 4.69) is 41.4 Å². The van der Waals surface area contributed by atoms with Crippen molar-refractivity contribution in [3.8, 4) is 0 Å². The minimum absolute atomic E-state index is 1.16. The maximum atomic E-state index is 4.50. The van der Waals surface area contributed by atoms with Crippen LogP contribution >= 0.6 is 0 Å². The molecule has 2 aliphatic rings. The molecule has 0 bridgehead atoms. The van der Waals surface area contributed by atoms with Crippen LogP contribution < -0.4 is 10.4 Å². The first-order chi connectivity index (χ1) is 7.45. The molecule has 74 valence electrons. The van der Waals surface area contributed by atoms with Gasteiger partial charge in [-0.15, -0.1) is 0 Å². The lowest BCUT2D eigenvalue weighted by molar-refractivity contribution is 0.842. The lowest BCUT2D eigenvalue weighted by Crippen LogP contribution is -2.26. The van der Waals surface area contributed by atoms with Crippen LogP contribution in [0.4, 0.5) is 0 Å². The van der Waals surface area contributed by atoms with Gasteiger partial charge < -0.3 is 0 Å². The summed E-state index contributed by atoms with van der Waals surface area (Å²) in [6.45, 7) is 0. The molecule has 1 nitrogen and oxygen atoms in total. The largest absolute Gasteiger partial charge is 0.257 e. The Balaban J connectivity index is 2.43. The molecular formula is C14H13N. The van der Waals surface area contributed by atoms with Crippen LogP contribution in [0.2, 0.25) is 0 Å². The molecule has 0 saturated heterocycles. The van der Waals surface area contributed by atoms with E-state index in [0.717, 1.165) is 6.42 Å². The van der Waals surface area contributed by atoms with Crippen LogP contribution in [0, 0.1) is 0 Å². The molecule has 1 aliphatic heterocycles. The van der Waals surface area contributed by atoms with E-state index in [-0.39, 0.29) is 0 Å². The summed E-state index contributed by atoms with van der Waals surface area (Å²) >= 11 is 0. The normalized spacial score (nSPS) is 18.4. The Morgan fingerprint density at radius 1 is 1.13 bits per heavy atom. The van der Waals surface area contributed by atoms with Gasteiger partial charge in [-0.2, -0.15) is 0 Å². The molecule has 1 aromatic rings. The maximum Gasteiger partial charge on any atom is 0.0627 e. The van der Waals surface area contributed by atoms with Crippen LogP contribution in [0.25, 0.3) is 11.6 Å². The van der Waals surface area contributed by atoms with Crippen molar-refractivity contribution in [1.82, 2.24) is 0 Å². The Kier molecular flexibility index (Phi) is 2.02. The predicted octanol–water partition coefficient (Wildman–Crippen LogP) is 1.77. The minimum Gasteiger partial charge on any atom is -0.257 e. The Morgan fingerprint density at radius 2 is 2.07 bits per heavy atom. The Hall–Kier alpha value is -1.63. The molecule has 15 heavy (non-hydrogen) atoms. The number of nitrogens with zero attached hydrogens (tertiary/aromatic N) is 1. The first-order valence-electron chi connectivity index (χ1n) is 5.48. The highest BCUT2D eigenvalue weighted by molar-refractivity contribution is 5.94. The highest BCUT2D eigenvalue weighted by Crippen LogP contribution is 2.24. The molecular weight excluding hydrogens is 182 g/mol. The monoisotopic (exact) mass is 195 g/mol. The second-order valence-electron chi connectivity index (χ2n) is 3.99. The number of benzene rings is 1. The summed E-state index contributed by atoms with van der Waals surface area (Å²) in [6, 6.07) is 8.55. The van der Waals surface area contributed by atoms with Crippen molar-refractivity contribution < 1.29 is 0 Å². The first-order valence-corrected chi connectivity index (χ1v) is 5.48. The van der Waals surface area contributed by atoms with Crippen LogP contribution in [0.3, 0.4) is 0 Å². The van der Waals surface area contributed by atoms with Crippen molar-refractivity contribution in [1.29, 1.82) is 0 Å². The molecule has 0 saturated carbocycles. The number of fused-ring (bicyclic) bond motifs is 2. The molecule has 0 unspecified atom stereocenters. The van der Waals surface area contributed by atoms with E-state index >= 15 is 0 Å². The summed E-state index contributed by atoms with van der Waals surface area (Å²) in [4.78, 5) is 4.50. The van der Waals surface area contributed by atoms with E-state index in [9.17, 15) is 0 Å². The van der Waals surface area contributed by atoms with Crippen molar-refractivity contribution in [2.75, 3.05) is 0 Å². The Morgan fingerprint density at radius 3 is 3.07 bits per heavy atom. The number of aliphatic imine (C=N–C) groups is 1. The van der Waals surface area contributed by atoms with Crippen molar-refractivity contribution in [3.63, 3.8) is 0 Å². The standard InChI is InChI=1S/C14H13N/c1-2-6-12-11(5-1)9-10-15-14-8-4-3-7-13(12)14/h1-2,5-6,8-10H,3-4,7H2. The molecule has 0 N–H and O–H groups in total. The third kappa shape index (κ3) is 1.44. The molecule has 1 aliphatic carbocycles. The molecule has 0 fully saturated rings. The predicted molar refractivity (Wildman–Crippen MR) is 64.0 cm³/mol. The summed E-state index contributed by atoms with van der Waals surface area (Å²) in [7, 11) is 0. The molecule has 0 atom stereocenters. The van der Waals surface area contributed by atoms with Crippen LogP contribution in [0.15, 0.2) is 41.0 Å². The Labute approximate surface area is 89.2 Å². The highest BCUT2D eigenvalue weighted by atomic mass is 14.7. The van der Waals surface area contributed by atoms with Gasteiger partial charge in [0, 0.05) is 6.21 Å². The van der Waals surface area contributed by atoms with Crippen molar-refractivity contribution >= 4 is 17.9 Å². The van der Waals surface area contributed by atoms with Gasteiger partial charge in [-0.05, 0) is 41.3 Å². The van der Waals surface area contributed by atoms with E-state index in [1.807, 2.05) is 6.21 Å². The van der Waals surface area contributed by atoms with E-state index in [1.54, 1.807) is 0 Å². The van der Waals surface area contributed by atoms with Crippen LogP contribution in [0.5, 0.6) is 0 Å². The van der Waals surface area contributed by atoms with Gasteiger partial charge in [0.25, 0.3) is 0 Å². The zero-order chi connectivity index (χ0) is 10.1. The van der Waals surface area contributed by atoms with Crippen molar-refractivity contribution in [2.45, 2.75) is 19.3 Å². The summed E-state index contributed by atoms with van der Waals surface area (Å²) < 4.78 is 0. The molecule has 0 radical (unpaired) electrons. The lowest BCUT2D eigenvalue weighted by Gasteiger charge is -2.12. The quantitative estimate of drug-likeness (QED) is 0.598. The van der Waals surface area contributed by atoms with Gasteiger partial charge in [0.1, 0.15) is 0 Å². The van der Waals surface area contributed by atoms with Gasteiger partial charge in [0.2, 0.25) is 0 Å². The molecule has 3 rings (SSSR count). The van der Waals surface area contributed by atoms with E-state index in [4.69, 9.17) is 0 Å². The van der Waals surface area contributed by atoms with Crippen LogP contribution in [-0.2, 0) is 0 Å². The van der Waals surface area contributed by atoms with E-state index in [1.165, 1.54) is 34.5 Å². The van der Waals surface area contributed by atoms with Crippen LogP contribution in [0.1, 0.15) is 19.3 Å². The van der Waals surface area contributed by atoms with Gasteiger partial charge in [0.05, 0.1) is 5.70 Å². The molecule has 0 amide bonds. The zero-order valence-corrected chi connectivity index (χ0v) is 8.61. The number of allylic oxidation sites excluding steroid dienone is 2. The number of hydrogen-bond acceptors (Lipinski definition) is 1. The molecule has 0 spiro atoms. The third-order valence-corrected chi connectivity index (χ3v) is 3.03. The number of rotatable bonds is 0. The van der Waals surface area contributed by atoms with Gasteiger partial charge in [-0.1, -0.05) is 30.3 Å². The summed E-state index contributed by atoms with van der Waals surface area (Å²) in [5.41, 5.74) is 2.60. The molecule has 1 heteroatoms. The average Bonchev–Trinajstić information content (AvgIpc) is 2.48. The zero-order valence-electron chi connectivity index (χ0n) is 8.61. The fourth-order valence-corrected chi connectivity index (χ4v) is 2.29. The summed E-state index contributed by atoms with van der Waals surface area (Å²) in [5, 5.41) is 2.66. The Bertz CT molecular complexity index is 561. The van der Waals surface area contributed by atoms with E-state index in [0.29, 0.717) is 0 Å². The van der Waals surface area contributed by atoms with Gasteiger partial charge >= 0.3 is 0 Å². The van der Waals surface area contributed by atoms with Gasteiger partial charge in [0.15, 0.2) is 0 Å². The minimum atomic E-state index is 1.16. The van der Waals surface area contributed by atoms with Crippen molar-refractivity contribution in [3.05, 3.63) is 46.5 Å². The second-order valence-corrected chi connectivity index (χ2v) is 3.99. The van der Waals surface area contributed by atoms with Crippen molar-refractivity contribution in [2.24, 2.45) is 4.99 Å². The topological polar surface area (TPSA) is 12.4 Å². The fraction of sp³-hybridized carbons (Fsp3) is 0.214. The lowest BCUT2D eigenvalue weighted by atomic mass is 9.96. The highest BCUT2D eigenvalue weighted by Gasteiger charge is 2.10. The number of hydrogen-bond donors (Lipinski definition) is 0. The molecule has 1 heterocycles. The first kappa shape index (κ1) is 8.66. The van der Waals surface area contributed by atoms with E-state index < -0.39 is 0 Å². The van der Waals surface area contributed by atoms with Gasteiger partial charge in [-0.3, -0.25) is 4.99 Å². The molecule has 1 aromatic carbocycles. The third-order valence-electron chi connectivity index (χ3n) is 3.03. The summed E-state index contributed by atoms with van der Waals surface area (Å²) in [6.07, 6.45) is 9.85. The summed E-state index contributed by atoms with van der Waals surface area (Å²) in [5.74, 6) is 0. The maximum absolute atomic E-state index is 4.50. The average molecular weight is 195 g/mol.